The average Bonchev–Trinajstić information content (AvgIpc) is 3.24. The van der Waals surface area contributed by atoms with E-state index >= 15 is 0 Å². The molecule has 26 heavy (non-hydrogen) atoms. The highest BCUT2D eigenvalue weighted by atomic mass is 16.3. The maximum Gasteiger partial charge on any atom is 0.261 e. The largest absolute Gasteiger partial charge is 0.441 e. The van der Waals surface area contributed by atoms with Crippen LogP contribution in [0.2, 0.25) is 0 Å². The fourth-order valence-electron chi connectivity index (χ4n) is 3.17. The van der Waals surface area contributed by atoms with Crippen molar-refractivity contribution in [2.75, 3.05) is 5.32 Å². The number of amides is 1. The van der Waals surface area contributed by atoms with Gasteiger partial charge in [-0.3, -0.25) is 9.48 Å². The van der Waals surface area contributed by atoms with Crippen LogP contribution in [0.25, 0.3) is 16.9 Å². The molecule has 0 fully saturated rings. The Morgan fingerprint density at radius 2 is 1.85 bits per heavy atom. The van der Waals surface area contributed by atoms with E-state index in [0.717, 1.165) is 22.7 Å². The van der Waals surface area contributed by atoms with E-state index in [-0.39, 0.29) is 5.91 Å². The van der Waals surface area contributed by atoms with E-state index < -0.39 is 0 Å². The zero-order valence-corrected chi connectivity index (χ0v) is 15.1. The second kappa shape index (κ2) is 5.87. The second-order valence-electron chi connectivity index (χ2n) is 6.33. The standard InChI is InChI=1S/C19H19N5O2/c1-11-5-6-12(2)24(11)19-15(10-20-23(19)4)18(25)22-14-7-8-16-17(9-14)26-13(3)21-16/h5-10H,1-4H3,(H,22,25). The number of hydrogen-bond donors (Lipinski definition) is 1. The Bertz CT molecular complexity index is 1110. The smallest absolute Gasteiger partial charge is 0.261 e. The van der Waals surface area contributed by atoms with Crippen LogP contribution in [-0.2, 0) is 7.05 Å². The monoisotopic (exact) mass is 349 g/mol. The van der Waals surface area contributed by atoms with Crippen molar-refractivity contribution in [3.05, 3.63) is 59.4 Å². The van der Waals surface area contributed by atoms with Crippen LogP contribution in [0.3, 0.4) is 0 Å². The van der Waals surface area contributed by atoms with Gasteiger partial charge in [-0.05, 0) is 38.1 Å². The van der Waals surface area contributed by atoms with Gasteiger partial charge in [-0.15, -0.1) is 0 Å². The first-order valence-corrected chi connectivity index (χ1v) is 8.30. The SMILES string of the molecule is Cc1nc2ccc(NC(=O)c3cnn(C)c3-n3c(C)ccc3C)cc2o1. The molecular weight excluding hydrogens is 330 g/mol. The molecule has 0 aliphatic heterocycles. The number of fused-ring (bicyclic) bond motifs is 1. The number of oxazole rings is 1. The Balaban J connectivity index is 1.70. The van der Waals surface area contributed by atoms with E-state index in [2.05, 4.69) is 15.4 Å². The van der Waals surface area contributed by atoms with Gasteiger partial charge >= 0.3 is 0 Å². The minimum atomic E-state index is -0.226. The van der Waals surface area contributed by atoms with E-state index in [9.17, 15) is 4.79 Å². The van der Waals surface area contributed by atoms with Gasteiger partial charge in [-0.25, -0.2) is 4.98 Å². The molecule has 132 valence electrons. The van der Waals surface area contributed by atoms with Crippen molar-refractivity contribution < 1.29 is 9.21 Å². The first-order valence-electron chi connectivity index (χ1n) is 8.30. The Kier molecular flexibility index (Phi) is 3.64. The Morgan fingerprint density at radius 3 is 2.58 bits per heavy atom. The van der Waals surface area contributed by atoms with Gasteiger partial charge in [0.15, 0.2) is 11.5 Å². The molecule has 1 amide bonds. The van der Waals surface area contributed by atoms with Gasteiger partial charge < -0.3 is 14.3 Å². The zero-order chi connectivity index (χ0) is 18.4. The van der Waals surface area contributed by atoms with Crippen LogP contribution in [0.15, 0.2) is 40.9 Å². The van der Waals surface area contributed by atoms with Crippen LogP contribution in [0, 0.1) is 20.8 Å². The number of nitrogens with zero attached hydrogens (tertiary/aromatic N) is 4. The topological polar surface area (TPSA) is 77.9 Å². The third kappa shape index (κ3) is 2.57. The molecule has 7 nitrogen and oxygen atoms in total. The number of anilines is 1. The molecule has 1 N–H and O–H groups in total. The molecule has 3 aromatic heterocycles. The number of hydrogen-bond acceptors (Lipinski definition) is 4. The minimum Gasteiger partial charge on any atom is -0.441 e. The lowest BCUT2D eigenvalue weighted by molar-refractivity contribution is 0.102. The van der Waals surface area contributed by atoms with Crippen molar-refractivity contribution >= 4 is 22.7 Å². The fourth-order valence-corrected chi connectivity index (χ4v) is 3.17. The van der Waals surface area contributed by atoms with Crippen LogP contribution in [0.5, 0.6) is 0 Å². The molecule has 0 spiro atoms. The molecule has 0 radical (unpaired) electrons. The summed E-state index contributed by atoms with van der Waals surface area (Å²) in [6, 6.07) is 9.44. The molecular formula is C19H19N5O2. The van der Waals surface area contributed by atoms with Crippen molar-refractivity contribution in [1.82, 2.24) is 19.3 Å². The lowest BCUT2D eigenvalue weighted by atomic mass is 10.2. The number of nitrogens with one attached hydrogen (secondary N) is 1. The van der Waals surface area contributed by atoms with Gasteiger partial charge in [-0.1, -0.05) is 0 Å². The number of carbonyl (C=O) groups excluding carboxylic acids is 1. The maximum absolute atomic E-state index is 12.9. The number of benzene rings is 1. The van der Waals surface area contributed by atoms with Gasteiger partial charge in [0.2, 0.25) is 0 Å². The number of aromatic nitrogens is 4. The summed E-state index contributed by atoms with van der Waals surface area (Å²) in [6.07, 6.45) is 1.58. The van der Waals surface area contributed by atoms with E-state index in [1.807, 2.05) is 49.7 Å². The zero-order valence-electron chi connectivity index (χ0n) is 15.1. The number of aryl methyl sites for hydroxylation is 4. The quantitative estimate of drug-likeness (QED) is 0.614. The van der Waals surface area contributed by atoms with Crippen LogP contribution in [0.1, 0.15) is 27.6 Å². The van der Waals surface area contributed by atoms with Crippen LogP contribution in [0.4, 0.5) is 5.69 Å². The highest BCUT2D eigenvalue weighted by Crippen LogP contribution is 2.23. The third-order valence-electron chi connectivity index (χ3n) is 4.39. The van der Waals surface area contributed by atoms with Crippen molar-refractivity contribution in [2.45, 2.75) is 20.8 Å². The maximum atomic E-state index is 12.9. The molecule has 3 heterocycles. The third-order valence-corrected chi connectivity index (χ3v) is 4.39. The van der Waals surface area contributed by atoms with Crippen molar-refractivity contribution in [2.24, 2.45) is 7.05 Å². The van der Waals surface area contributed by atoms with Crippen molar-refractivity contribution in [3.63, 3.8) is 0 Å². The van der Waals surface area contributed by atoms with Crippen LogP contribution >= 0.6 is 0 Å². The molecule has 1 aromatic carbocycles. The van der Waals surface area contributed by atoms with E-state index in [1.165, 1.54) is 0 Å². The van der Waals surface area contributed by atoms with Gasteiger partial charge in [0.05, 0.1) is 6.20 Å². The van der Waals surface area contributed by atoms with E-state index in [0.29, 0.717) is 22.7 Å². The summed E-state index contributed by atoms with van der Waals surface area (Å²) in [5.41, 5.74) is 4.64. The highest BCUT2D eigenvalue weighted by Gasteiger charge is 2.20. The summed E-state index contributed by atoms with van der Waals surface area (Å²) in [6.45, 7) is 5.80. The fraction of sp³-hybridized carbons (Fsp3) is 0.211. The first-order chi connectivity index (χ1) is 12.4. The molecule has 0 saturated heterocycles. The molecule has 0 aliphatic rings. The number of carbonyl (C=O) groups is 1. The van der Waals surface area contributed by atoms with Crippen molar-refractivity contribution in [1.29, 1.82) is 0 Å². The normalized spacial score (nSPS) is 11.2. The first kappa shape index (κ1) is 16.1. The summed E-state index contributed by atoms with van der Waals surface area (Å²) in [4.78, 5) is 17.1. The lowest BCUT2D eigenvalue weighted by Crippen LogP contribution is -2.16. The van der Waals surface area contributed by atoms with Crippen molar-refractivity contribution in [3.8, 4) is 5.82 Å². The Labute approximate surface area is 150 Å². The predicted molar refractivity (Wildman–Crippen MR) is 98.7 cm³/mol. The summed E-state index contributed by atoms with van der Waals surface area (Å²) < 4.78 is 9.26. The Morgan fingerprint density at radius 1 is 1.12 bits per heavy atom. The predicted octanol–water partition coefficient (Wildman–Crippen LogP) is 3.53. The van der Waals surface area contributed by atoms with Crippen LogP contribution < -0.4 is 5.32 Å². The van der Waals surface area contributed by atoms with Gasteiger partial charge in [0.1, 0.15) is 16.9 Å². The summed E-state index contributed by atoms with van der Waals surface area (Å²) in [7, 11) is 1.83. The second-order valence-corrected chi connectivity index (χ2v) is 6.33. The molecule has 0 atom stereocenters. The summed E-state index contributed by atoms with van der Waals surface area (Å²) in [5.74, 6) is 1.10. The van der Waals surface area contributed by atoms with E-state index in [4.69, 9.17) is 4.42 Å². The van der Waals surface area contributed by atoms with Crippen LogP contribution in [-0.4, -0.2) is 25.2 Å². The minimum absolute atomic E-state index is 0.226. The molecule has 0 saturated carbocycles. The molecule has 4 aromatic rings. The molecule has 0 unspecified atom stereocenters. The van der Waals surface area contributed by atoms with Gasteiger partial charge in [0.25, 0.3) is 5.91 Å². The van der Waals surface area contributed by atoms with Gasteiger partial charge in [-0.2, -0.15) is 5.10 Å². The average molecular weight is 349 g/mol. The summed E-state index contributed by atoms with van der Waals surface area (Å²) >= 11 is 0. The van der Waals surface area contributed by atoms with Gasteiger partial charge in [0, 0.05) is 37.1 Å². The lowest BCUT2D eigenvalue weighted by Gasteiger charge is -2.12. The molecule has 7 heteroatoms. The van der Waals surface area contributed by atoms with E-state index in [1.54, 1.807) is 23.9 Å². The molecule has 0 bridgehead atoms. The number of rotatable bonds is 3. The highest BCUT2D eigenvalue weighted by molar-refractivity contribution is 6.06. The Hall–Kier alpha value is -3.35. The molecule has 0 aliphatic carbocycles. The molecule has 4 rings (SSSR count). The summed E-state index contributed by atoms with van der Waals surface area (Å²) in [5, 5.41) is 7.20.